The zero-order valence-corrected chi connectivity index (χ0v) is 33.3. The average molecular weight is 839 g/mol. The number of hydrogen-bond donors (Lipinski definition) is 1. The van der Waals surface area contributed by atoms with Crippen molar-refractivity contribution in [2.24, 2.45) is 0 Å². The molecule has 3 aliphatic rings. The van der Waals surface area contributed by atoms with Crippen molar-refractivity contribution in [2.45, 2.75) is 98.2 Å². The number of nitrogens with zero attached hydrogens (tertiary/aromatic N) is 5. The van der Waals surface area contributed by atoms with Crippen molar-refractivity contribution >= 4 is 42.7 Å². The minimum Gasteiger partial charge on any atom is -0.428 e. The van der Waals surface area contributed by atoms with Gasteiger partial charge in [-0.25, -0.2) is 18.4 Å². The zero-order chi connectivity index (χ0) is 41.8. The largest absolute Gasteiger partial charge is 0.573 e. The molecule has 2 aromatic heterocycles. The highest BCUT2D eigenvalue weighted by molar-refractivity contribution is 7.93. The molecule has 2 fully saturated rings. The van der Waals surface area contributed by atoms with Gasteiger partial charge in [0.25, 0.3) is 0 Å². The van der Waals surface area contributed by atoms with Crippen molar-refractivity contribution in [1.29, 1.82) is 0 Å². The van der Waals surface area contributed by atoms with Gasteiger partial charge in [-0.1, -0.05) is 71.1 Å². The van der Waals surface area contributed by atoms with Crippen LogP contribution in [0.3, 0.4) is 0 Å². The molecule has 0 bridgehead atoms. The Morgan fingerprint density at radius 1 is 0.964 bits per heavy atom. The summed E-state index contributed by atoms with van der Waals surface area (Å²) in [5.41, 5.74) is 0.856. The molecular formula is C36H45F7N6O5S2. The van der Waals surface area contributed by atoms with Crippen LogP contribution in [0.1, 0.15) is 78.1 Å². The lowest BCUT2D eigenvalue weighted by Crippen LogP contribution is -2.60. The molecule has 1 saturated heterocycles. The molecule has 1 aliphatic heterocycles. The number of rotatable bonds is 11. The molecule has 310 valence electrons. The zero-order valence-electron chi connectivity index (χ0n) is 31.6. The van der Waals surface area contributed by atoms with Gasteiger partial charge in [-0.2, -0.15) is 26.9 Å². The number of allylic oxidation sites excluding steroid dienone is 5. The molecule has 0 unspecified atom stereocenters. The predicted octanol–water partition coefficient (Wildman–Crippen LogP) is 8.68. The second-order valence-corrected chi connectivity index (χ2v) is 14.4. The molecule has 1 amide bonds. The topological polar surface area (TPSA) is 127 Å². The summed E-state index contributed by atoms with van der Waals surface area (Å²) in [6, 6.07) is 3.36. The van der Waals surface area contributed by atoms with Gasteiger partial charge >= 0.3 is 18.9 Å². The number of thiazole rings is 1. The Morgan fingerprint density at radius 2 is 1.62 bits per heavy atom. The van der Waals surface area contributed by atoms with Crippen LogP contribution in [0.15, 0.2) is 65.4 Å². The molecule has 20 heteroatoms. The summed E-state index contributed by atoms with van der Waals surface area (Å²) < 4.78 is 128. The van der Waals surface area contributed by atoms with Crippen LogP contribution >= 0.6 is 11.3 Å². The van der Waals surface area contributed by atoms with E-state index in [9.17, 15) is 43.9 Å². The Labute approximate surface area is 325 Å². The molecule has 0 spiro atoms. The maximum absolute atomic E-state index is 14.0. The highest BCUT2D eigenvalue weighted by Gasteiger charge is 2.45. The molecule has 6 rings (SSSR count). The fraction of sp³-hybridized carbons (Fsp3) is 0.500. The normalized spacial score (nSPS) is 17.5. The number of halogens is 7. The summed E-state index contributed by atoms with van der Waals surface area (Å²) >= 11 is 1.26. The van der Waals surface area contributed by atoms with E-state index in [1.54, 1.807) is 11.1 Å². The molecule has 11 nitrogen and oxygen atoms in total. The van der Waals surface area contributed by atoms with Crippen molar-refractivity contribution in [1.82, 2.24) is 24.6 Å². The van der Waals surface area contributed by atoms with E-state index in [-0.39, 0.29) is 43.4 Å². The number of anilines is 1. The van der Waals surface area contributed by atoms with Gasteiger partial charge in [0.2, 0.25) is 15.9 Å². The minimum atomic E-state index is -4.89. The number of carbonyl (C=O) groups excluding carboxylic acids is 1. The number of piperazine rings is 1. The Morgan fingerprint density at radius 3 is 2.23 bits per heavy atom. The first-order valence-corrected chi connectivity index (χ1v) is 20.3. The smallest absolute Gasteiger partial charge is 0.428 e. The first-order valence-electron chi connectivity index (χ1n) is 18.0. The standard InChI is InChI=1S/C30H27F7N6O5S2.3C2H6/c31-27(32)29(33,34)47-19-2-1-3-21(11-10-19)50(45,46)43-13-12-42(28-41-25-23(49-28)15-38-24(40-25)18-6-7-18)16-22(43)26(44)39-14-17-4-8-20(9-5-17)48-30(35,36)37;3*1-2/h1-2,4-5,8-11,15,18,22,27H,3,6-7,12-14,16H2,(H,39,44);3*1-2H3/t22-;;;/m1.../s1. The fourth-order valence-electron chi connectivity index (χ4n) is 5.17. The molecule has 56 heavy (non-hydrogen) atoms. The maximum atomic E-state index is 14.0. The van der Waals surface area contributed by atoms with Gasteiger partial charge in [-0.15, -0.1) is 13.2 Å². The summed E-state index contributed by atoms with van der Waals surface area (Å²) in [6.45, 7) is 11.5. The van der Waals surface area contributed by atoms with Crippen molar-refractivity contribution in [3.05, 3.63) is 76.8 Å². The molecule has 1 N–H and O–H groups in total. The van der Waals surface area contributed by atoms with Crippen molar-refractivity contribution in [3.8, 4) is 5.75 Å². The number of aromatic nitrogens is 3. The predicted molar refractivity (Wildman–Crippen MR) is 200 cm³/mol. The van der Waals surface area contributed by atoms with Crippen molar-refractivity contribution in [2.75, 3.05) is 24.5 Å². The Bertz CT molecular complexity index is 1950. The summed E-state index contributed by atoms with van der Waals surface area (Å²) in [5, 5.41) is 3.10. The minimum absolute atomic E-state index is 0.0976. The van der Waals surface area contributed by atoms with Gasteiger partial charge in [0, 0.05) is 38.5 Å². The molecular weight excluding hydrogens is 794 g/mol. The van der Waals surface area contributed by atoms with E-state index in [2.05, 4.69) is 29.7 Å². The first-order chi connectivity index (χ1) is 26.6. The van der Waals surface area contributed by atoms with E-state index in [0.29, 0.717) is 26.9 Å². The molecule has 0 radical (unpaired) electrons. The number of nitrogens with one attached hydrogen (secondary N) is 1. The van der Waals surface area contributed by atoms with Crippen LogP contribution < -0.4 is 15.0 Å². The molecule has 3 aromatic rings. The van der Waals surface area contributed by atoms with Crippen LogP contribution in [-0.4, -0.2) is 78.2 Å². The van der Waals surface area contributed by atoms with Crippen LogP contribution in [-0.2, 0) is 26.1 Å². The Kier molecular flexibility index (Phi) is 16.6. The van der Waals surface area contributed by atoms with Crippen LogP contribution in [0.4, 0.5) is 35.9 Å². The average Bonchev–Trinajstić information content (AvgIpc) is 3.98. The van der Waals surface area contributed by atoms with Gasteiger partial charge in [-0.05, 0) is 48.8 Å². The number of sulfonamides is 1. The van der Waals surface area contributed by atoms with E-state index < -0.39 is 52.4 Å². The number of hydrogen-bond acceptors (Lipinski definition) is 10. The van der Waals surface area contributed by atoms with Gasteiger partial charge < -0.3 is 19.7 Å². The second kappa shape index (κ2) is 20.2. The van der Waals surface area contributed by atoms with Crippen LogP contribution in [0.25, 0.3) is 10.3 Å². The monoisotopic (exact) mass is 838 g/mol. The summed E-state index contributed by atoms with van der Waals surface area (Å²) in [5.74, 6) is -0.941. The van der Waals surface area contributed by atoms with Gasteiger partial charge in [-0.3, -0.25) is 4.79 Å². The van der Waals surface area contributed by atoms with E-state index >= 15 is 0 Å². The van der Waals surface area contributed by atoms with Crippen LogP contribution in [0, 0.1) is 0 Å². The van der Waals surface area contributed by atoms with Gasteiger partial charge in [0.1, 0.15) is 23.4 Å². The lowest BCUT2D eigenvalue weighted by Gasteiger charge is -2.39. The number of carbonyl (C=O) groups is 1. The van der Waals surface area contributed by atoms with Gasteiger partial charge in [0.05, 0.1) is 15.8 Å². The van der Waals surface area contributed by atoms with E-state index in [1.807, 2.05) is 41.5 Å². The summed E-state index contributed by atoms with van der Waals surface area (Å²) in [6.07, 6.45) is -6.66. The van der Waals surface area contributed by atoms with Gasteiger partial charge in [0.15, 0.2) is 10.8 Å². The summed E-state index contributed by atoms with van der Waals surface area (Å²) in [7, 11) is -4.47. The van der Waals surface area contributed by atoms with Crippen molar-refractivity contribution < 1.29 is 53.4 Å². The number of fused-ring (bicyclic) bond motifs is 1. The Hall–Kier alpha value is -4.30. The lowest BCUT2D eigenvalue weighted by molar-refractivity contribution is -0.279. The highest BCUT2D eigenvalue weighted by atomic mass is 32.2. The molecule has 1 atom stereocenters. The van der Waals surface area contributed by atoms with Crippen molar-refractivity contribution in [3.63, 3.8) is 0 Å². The Balaban J connectivity index is 0.00000134. The summed E-state index contributed by atoms with van der Waals surface area (Å²) in [4.78, 5) is 28.7. The quantitative estimate of drug-likeness (QED) is 0.189. The SMILES string of the molecule is CC.CC.CC.O=C(NCc1ccc(OC(F)(F)F)cc1)[C@H]1CN(c2nc3nc(C4CC4)ncc3s2)CCN1S(=O)(=O)C1=CC=C(OC(F)(F)C(F)F)C=CC1. The van der Waals surface area contributed by atoms with Crippen LogP contribution in [0.2, 0.25) is 0 Å². The van der Waals surface area contributed by atoms with E-state index in [4.69, 9.17) is 0 Å². The molecule has 1 aromatic carbocycles. The van der Waals surface area contributed by atoms with E-state index in [1.165, 1.54) is 23.5 Å². The molecule has 2 aliphatic carbocycles. The molecule has 3 heterocycles. The third-order valence-electron chi connectivity index (χ3n) is 7.81. The van der Waals surface area contributed by atoms with E-state index in [0.717, 1.165) is 53.6 Å². The highest BCUT2D eigenvalue weighted by Crippen LogP contribution is 2.39. The number of benzene rings is 1. The maximum Gasteiger partial charge on any atom is 0.573 e. The number of ether oxygens (including phenoxy) is 2. The molecule has 1 saturated carbocycles. The third-order valence-corrected chi connectivity index (χ3v) is 10.9. The fourth-order valence-corrected chi connectivity index (χ4v) is 7.75. The third kappa shape index (κ3) is 12.1. The second-order valence-electron chi connectivity index (χ2n) is 11.4. The van der Waals surface area contributed by atoms with Crippen LogP contribution in [0.5, 0.6) is 5.75 Å². The number of amides is 1. The lowest BCUT2D eigenvalue weighted by atomic mass is 10.1. The number of alkyl halides is 7. The first kappa shape index (κ1) is 46.1.